The van der Waals surface area contributed by atoms with Gasteiger partial charge in [0.25, 0.3) is 10.0 Å². The Labute approximate surface area is 162 Å². The van der Waals surface area contributed by atoms with Crippen LogP contribution in [-0.4, -0.2) is 32.1 Å². The van der Waals surface area contributed by atoms with Crippen molar-refractivity contribution in [3.05, 3.63) is 60.3 Å². The summed E-state index contributed by atoms with van der Waals surface area (Å²) in [5.41, 5.74) is 2.48. The number of rotatable bonds is 5. The highest BCUT2D eigenvalue weighted by molar-refractivity contribution is 7.90. The first-order valence-corrected chi connectivity index (χ1v) is 9.83. The molecule has 28 heavy (non-hydrogen) atoms. The molecule has 0 saturated heterocycles. The van der Waals surface area contributed by atoms with Crippen LogP contribution in [0.15, 0.2) is 59.6 Å². The van der Waals surface area contributed by atoms with E-state index >= 15 is 0 Å². The summed E-state index contributed by atoms with van der Waals surface area (Å²) in [5, 5.41) is 3.81. The molecule has 0 bridgehead atoms. The van der Waals surface area contributed by atoms with Gasteiger partial charge in [-0.1, -0.05) is 18.2 Å². The van der Waals surface area contributed by atoms with Gasteiger partial charge in [0.2, 0.25) is 5.91 Å². The SMILES string of the molecule is COC(=O)NS(=O)(=O)c1ccc(NC(=O)Cn2cc(C)c3ccccc32)cc1. The molecule has 0 saturated carbocycles. The molecule has 3 aromatic rings. The molecule has 8 nitrogen and oxygen atoms in total. The number of nitrogens with one attached hydrogen (secondary N) is 2. The van der Waals surface area contributed by atoms with E-state index in [4.69, 9.17) is 0 Å². The number of ether oxygens (including phenoxy) is 1. The molecule has 2 aromatic carbocycles. The van der Waals surface area contributed by atoms with Crippen LogP contribution in [-0.2, 0) is 26.1 Å². The summed E-state index contributed by atoms with van der Waals surface area (Å²) in [6.45, 7) is 2.11. The molecule has 0 atom stereocenters. The van der Waals surface area contributed by atoms with E-state index < -0.39 is 16.1 Å². The zero-order valence-electron chi connectivity index (χ0n) is 15.3. The van der Waals surface area contributed by atoms with Crippen molar-refractivity contribution >= 4 is 38.6 Å². The average Bonchev–Trinajstić information content (AvgIpc) is 2.97. The van der Waals surface area contributed by atoms with Gasteiger partial charge in [-0.2, -0.15) is 0 Å². The van der Waals surface area contributed by atoms with Crippen LogP contribution in [0.2, 0.25) is 0 Å². The second-order valence-electron chi connectivity index (χ2n) is 6.13. The molecule has 1 heterocycles. The standard InChI is InChI=1S/C19H19N3O5S/c1-13-11-22(17-6-4-3-5-16(13)17)12-18(23)20-14-7-9-15(10-8-14)28(25,26)21-19(24)27-2/h3-11H,12H2,1-2H3,(H,20,23)(H,21,24). The van der Waals surface area contributed by atoms with Gasteiger partial charge in [-0.25, -0.2) is 17.9 Å². The Morgan fingerprint density at radius 3 is 2.43 bits per heavy atom. The van der Waals surface area contributed by atoms with Gasteiger partial charge in [-0.15, -0.1) is 0 Å². The van der Waals surface area contributed by atoms with Crippen molar-refractivity contribution in [1.82, 2.24) is 9.29 Å². The summed E-state index contributed by atoms with van der Waals surface area (Å²) in [6.07, 6.45) is 0.838. The van der Waals surface area contributed by atoms with E-state index in [2.05, 4.69) is 10.1 Å². The topological polar surface area (TPSA) is 106 Å². The molecule has 2 N–H and O–H groups in total. The minimum Gasteiger partial charge on any atom is -0.452 e. The van der Waals surface area contributed by atoms with E-state index in [0.29, 0.717) is 5.69 Å². The Balaban J connectivity index is 1.70. The van der Waals surface area contributed by atoms with E-state index in [1.165, 1.54) is 24.3 Å². The summed E-state index contributed by atoms with van der Waals surface area (Å²) in [7, 11) is -2.96. The third-order valence-electron chi connectivity index (χ3n) is 4.15. The van der Waals surface area contributed by atoms with Gasteiger partial charge in [0.15, 0.2) is 0 Å². The number of aryl methyl sites for hydroxylation is 1. The molecule has 146 valence electrons. The molecule has 0 aliphatic carbocycles. The lowest BCUT2D eigenvalue weighted by atomic mass is 10.2. The van der Waals surface area contributed by atoms with Gasteiger partial charge in [-0.3, -0.25) is 4.79 Å². The highest BCUT2D eigenvalue weighted by atomic mass is 32.2. The van der Waals surface area contributed by atoms with Crippen molar-refractivity contribution in [1.29, 1.82) is 0 Å². The Hall–Kier alpha value is -3.33. The second-order valence-corrected chi connectivity index (χ2v) is 7.81. The number of anilines is 1. The van der Waals surface area contributed by atoms with Crippen LogP contribution in [0, 0.1) is 6.92 Å². The molecule has 0 aliphatic rings. The molecular formula is C19H19N3O5S. The molecule has 1 aromatic heterocycles. The molecule has 0 radical (unpaired) electrons. The molecule has 0 aliphatic heterocycles. The minimum absolute atomic E-state index is 0.122. The van der Waals surface area contributed by atoms with Crippen molar-refractivity contribution in [3.8, 4) is 0 Å². The van der Waals surface area contributed by atoms with Crippen molar-refractivity contribution in [2.45, 2.75) is 18.4 Å². The number of carbonyl (C=O) groups excluding carboxylic acids is 2. The number of hydrogen-bond acceptors (Lipinski definition) is 5. The highest BCUT2D eigenvalue weighted by Gasteiger charge is 2.18. The minimum atomic E-state index is -4.03. The Morgan fingerprint density at radius 1 is 1.07 bits per heavy atom. The van der Waals surface area contributed by atoms with Crippen molar-refractivity contribution < 1.29 is 22.7 Å². The number of aromatic nitrogens is 1. The highest BCUT2D eigenvalue weighted by Crippen LogP contribution is 2.20. The third-order valence-corrected chi connectivity index (χ3v) is 5.48. The fourth-order valence-corrected chi connectivity index (χ4v) is 3.76. The van der Waals surface area contributed by atoms with Gasteiger partial charge in [-0.05, 0) is 42.8 Å². The van der Waals surface area contributed by atoms with Crippen LogP contribution in [0.25, 0.3) is 10.9 Å². The van der Waals surface area contributed by atoms with E-state index in [9.17, 15) is 18.0 Å². The lowest BCUT2D eigenvalue weighted by Crippen LogP contribution is -2.30. The Morgan fingerprint density at radius 2 is 1.75 bits per heavy atom. The van der Waals surface area contributed by atoms with Gasteiger partial charge in [0.05, 0.1) is 12.0 Å². The smallest absolute Gasteiger partial charge is 0.420 e. The first-order chi connectivity index (χ1) is 13.3. The Bertz CT molecular complexity index is 1130. The predicted octanol–water partition coefficient (Wildman–Crippen LogP) is 2.63. The number of methoxy groups -OCH3 is 1. The van der Waals surface area contributed by atoms with Crippen molar-refractivity contribution in [2.75, 3.05) is 12.4 Å². The summed E-state index contributed by atoms with van der Waals surface area (Å²) >= 11 is 0. The summed E-state index contributed by atoms with van der Waals surface area (Å²) in [6, 6.07) is 13.3. The van der Waals surface area contributed by atoms with Crippen LogP contribution in [0.1, 0.15) is 5.56 Å². The number of para-hydroxylation sites is 1. The van der Waals surface area contributed by atoms with E-state index in [1.807, 2.05) is 42.0 Å². The van der Waals surface area contributed by atoms with Crippen LogP contribution in [0.3, 0.4) is 0 Å². The van der Waals surface area contributed by atoms with Crippen molar-refractivity contribution in [2.24, 2.45) is 0 Å². The lowest BCUT2D eigenvalue weighted by molar-refractivity contribution is -0.116. The first-order valence-electron chi connectivity index (χ1n) is 8.35. The molecule has 0 fully saturated rings. The first kappa shape index (κ1) is 19.4. The number of carbonyl (C=O) groups is 2. The zero-order valence-corrected chi connectivity index (χ0v) is 16.1. The van der Waals surface area contributed by atoms with E-state index in [-0.39, 0.29) is 17.3 Å². The van der Waals surface area contributed by atoms with Crippen LogP contribution < -0.4 is 10.0 Å². The summed E-state index contributed by atoms with van der Waals surface area (Å²) in [5.74, 6) is -0.246. The third kappa shape index (κ3) is 4.15. The maximum atomic E-state index is 12.4. The number of fused-ring (bicyclic) bond motifs is 1. The largest absolute Gasteiger partial charge is 0.452 e. The van der Waals surface area contributed by atoms with E-state index in [0.717, 1.165) is 23.6 Å². The number of nitrogens with zero attached hydrogens (tertiary/aromatic N) is 1. The van der Waals surface area contributed by atoms with Crippen LogP contribution in [0.4, 0.5) is 10.5 Å². The Kier molecular flexibility index (Phi) is 5.36. The van der Waals surface area contributed by atoms with Gasteiger partial charge >= 0.3 is 6.09 Å². The van der Waals surface area contributed by atoms with Crippen LogP contribution in [0.5, 0.6) is 0 Å². The predicted molar refractivity (Wildman–Crippen MR) is 104 cm³/mol. The number of amides is 2. The molecule has 2 amide bonds. The normalized spacial score (nSPS) is 11.2. The summed E-state index contributed by atoms with van der Waals surface area (Å²) < 4.78 is 31.9. The van der Waals surface area contributed by atoms with E-state index in [1.54, 1.807) is 4.72 Å². The van der Waals surface area contributed by atoms with Gasteiger partial charge in [0, 0.05) is 22.8 Å². The molecule has 0 spiro atoms. The van der Waals surface area contributed by atoms with Crippen LogP contribution >= 0.6 is 0 Å². The lowest BCUT2D eigenvalue weighted by Gasteiger charge is -2.09. The number of sulfonamides is 1. The second kappa shape index (κ2) is 7.73. The molecule has 9 heteroatoms. The molecule has 0 unspecified atom stereocenters. The number of benzene rings is 2. The maximum absolute atomic E-state index is 12.4. The van der Waals surface area contributed by atoms with Crippen molar-refractivity contribution in [3.63, 3.8) is 0 Å². The fraction of sp³-hybridized carbons (Fsp3) is 0.158. The quantitative estimate of drug-likeness (QED) is 0.684. The average molecular weight is 401 g/mol. The number of hydrogen-bond donors (Lipinski definition) is 2. The van der Waals surface area contributed by atoms with Gasteiger partial charge < -0.3 is 14.6 Å². The molecular weight excluding hydrogens is 382 g/mol. The summed E-state index contributed by atoms with van der Waals surface area (Å²) in [4.78, 5) is 23.4. The molecule has 3 rings (SSSR count). The monoisotopic (exact) mass is 401 g/mol. The fourth-order valence-electron chi connectivity index (χ4n) is 2.84. The van der Waals surface area contributed by atoms with Gasteiger partial charge in [0.1, 0.15) is 6.54 Å². The maximum Gasteiger partial charge on any atom is 0.420 e. The zero-order chi connectivity index (χ0) is 20.3.